The Labute approximate surface area is 205 Å². The Bertz CT molecular complexity index is 1230. The van der Waals surface area contributed by atoms with Gasteiger partial charge in [0.15, 0.2) is 0 Å². The lowest BCUT2D eigenvalue weighted by Crippen LogP contribution is -2.29. The van der Waals surface area contributed by atoms with Crippen LogP contribution in [0.15, 0.2) is 78.6 Å². The maximum atomic E-state index is 13.3. The molecule has 7 nitrogen and oxygen atoms in total. The largest absolute Gasteiger partial charge is 0.507 e. The highest BCUT2D eigenvalue weighted by Crippen LogP contribution is 2.42. The van der Waals surface area contributed by atoms with Crippen LogP contribution in [-0.4, -0.2) is 46.9 Å². The fourth-order valence-electron chi connectivity index (χ4n) is 4.52. The lowest BCUT2D eigenvalue weighted by molar-refractivity contribution is -0.140. The number of methoxy groups -OCH3 is 1. The molecule has 0 aliphatic carbocycles. The van der Waals surface area contributed by atoms with Crippen molar-refractivity contribution in [2.45, 2.75) is 26.4 Å². The molecular formula is C28H29N3O4. The molecule has 1 N–H and O–H groups in total. The number of pyridine rings is 1. The zero-order valence-corrected chi connectivity index (χ0v) is 20.1. The van der Waals surface area contributed by atoms with Crippen molar-refractivity contribution in [3.8, 4) is 5.75 Å². The van der Waals surface area contributed by atoms with Crippen LogP contribution in [0.1, 0.15) is 36.6 Å². The third-order valence-electron chi connectivity index (χ3n) is 6.34. The molecule has 0 radical (unpaired) electrons. The third-order valence-corrected chi connectivity index (χ3v) is 6.34. The predicted molar refractivity (Wildman–Crippen MR) is 135 cm³/mol. The molecule has 2 heterocycles. The van der Waals surface area contributed by atoms with Crippen LogP contribution in [0, 0.1) is 0 Å². The van der Waals surface area contributed by atoms with E-state index in [2.05, 4.69) is 23.7 Å². The summed E-state index contributed by atoms with van der Waals surface area (Å²) >= 11 is 0. The van der Waals surface area contributed by atoms with Crippen molar-refractivity contribution in [2.24, 2.45) is 0 Å². The molecule has 1 amide bonds. The number of aromatic nitrogens is 1. The summed E-state index contributed by atoms with van der Waals surface area (Å²) in [6, 6.07) is 17.6. The normalized spacial score (nSPS) is 17.0. The van der Waals surface area contributed by atoms with Gasteiger partial charge in [0, 0.05) is 37.7 Å². The first-order chi connectivity index (χ1) is 17.0. The number of ketones is 1. The van der Waals surface area contributed by atoms with Crippen molar-refractivity contribution in [3.05, 3.63) is 95.3 Å². The molecule has 180 valence electrons. The average Bonchev–Trinajstić information content (AvgIpc) is 3.15. The molecule has 0 saturated carbocycles. The second-order valence-corrected chi connectivity index (χ2v) is 8.25. The minimum Gasteiger partial charge on any atom is -0.507 e. The Hall–Kier alpha value is -4.13. The molecule has 0 spiro atoms. The lowest BCUT2D eigenvalue weighted by Gasteiger charge is -2.27. The van der Waals surface area contributed by atoms with E-state index in [-0.39, 0.29) is 17.9 Å². The highest BCUT2D eigenvalue weighted by molar-refractivity contribution is 6.46. The molecule has 1 unspecified atom stereocenters. The Balaban J connectivity index is 1.86. The van der Waals surface area contributed by atoms with Gasteiger partial charge in [0.25, 0.3) is 11.7 Å². The molecule has 1 aliphatic heterocycles. The van der Waals surface area contributed by atoms with E-state index < -0.39 is 17.7 Å². The van der Waals surface area contributed by atoms with Crippen LogP contribution in [0.4, 0.5) is 5.69 Å². The standard InChI is InChI=1S/C28H29N3O4/c1-4-30(5-2)21-12-10-20(11-13-21)25-24(26(32)22-8-6-7-9-23(22)35-3)27(33)28(34)31(25)18-19-14-16-29-17-15-19/h6-17,25,32H,4-5,18H2,1-3H3/b26-24-. The fraction of sp³-hybridized carbons (Fsp3) is 0.250. The summed E-state index contributed by atoms with van der Waals surface area (Å²) in [5.74, 6) is -1.21. The molecule has 1 aliphatic rings. The maximum absolute atomic E-state index is 13.3. The quantitative estimate of drug-likeness (QED) is 0.295. The molecule has 0 bridgehead atoms. The van der Waals surface area contributed by atoms with E-state index in [1.54, 1.807) is 48.8 Å². The van der Waals surface area contributed by atoms with Crippen molar-refractivity contribution in [1.82, 2.24) is 9.88 Å². The first-order valence-corrected chi connectivity index (χ1v) is 11.7. The topological polar surface area (TPSA) is 83.0 Å². The summed E-state index contributed by atoms with van der Waals surface area (Å²) in [5.41, 5.74) is 3.04. The van der Waals surface area contributed by atoms with Gasteiger partial charge in [-0.1, -0.05) is 24.3 Å². The number of aliphatic hydroxyl groups excluding tert-OH is 1. The first kappa shape index (κ1) is 24.0. The number of aliphatic hydroxyl groups is 1. The van der Waals surface area contributed by atoms with Gasteiger partial charge >= 0.3 is 0 Å². The Morgan fingerprint density at radius 1 is 1.00 bits per heavy atom. The molecule has 4 rings (SSSR count). The van der Waals surface area contributed by atoms with Gasteiger partial charge in [-0.05, 0) is 61.4 Å². The van der Waals surface area contributed by atoms with Gasteiger partial charge < -0.3 is 19.6 Å². The van der Waals surface area contributed by atoms with Crippen molar-refractivity contribution < 1.29 is 19.4 Å². The van der Waals surface area contributed by atoms with Gasteiger partial charge in [0.1, 0.15) is 11.5 Å². The number of rotatable bonds is 8. The van der Waals surface area contributed by atoms with Gasteiger partial charge in [-0.3, -0.25) is 14.6 Å². The third kappa shape index (κ3) is 4.62. The Morgan fingerprint density at radius 2 is 1.66 bits per heavy atom. The number of anilines is 1. The molecule has 3 aromatic rings. The van der Waals surface area contributed by atoms with Gasteiger partial charge in [-0.2, -0.15) is 0 Å². The number of ether oxygens (including phenoxy) is 1. The number of amides is 1. The zero-order chi connectivity index (χ0) is 24.9. The van der Waals surface area contributed by atoms with Gasteiger partial charge in [0.2, 0.25) is 0 Å². The van der Waals surface area contributed by atoms with Crippen molar-refractivity contribution in [1.29, 1.82) is 0 Å². The van der Waals surface area contributed by atoms with E-state index in [1.807, 2.05) is 24.3 Å². The number of carbonyl (C=O) groups excluding carboxylic acids is 2. The molecule has 35 heavy (non-hydrogen) atoms. The van der Waals surface area contributed by atoms with Crippen molar-refractivity contribution >= 4 is 23.1 Å². The number of likely N-dealkylation sites (tertiary alicyclic amines) is 1. The maximum Gasteiger partial charge on any atom is 0.295 e. The average molecular weight is 472 g/mol. The number of benzene rings is 2. The van der Waals surface area contributed by atoms with Crippen LogP contribution < -0.4 is 9.64 Å². The number of para-hydroxylation sites is 1. The summed E-state index contributed by atoms with van der Waals surface area (Å²) in [4.78, 5) is 34.3. The molecular weight excluding hydrogens is 442 g/mol. The predicted octanol–water partition coefficient (Wildman–Crippen LogP) is 4.56. The highest BCUT2D eigenvalue weighted by atomic mass is 16.5. The molecule has 7 heteroatoms. The Kier molecular flexibility index (Phi) is 7.15. The number of carbonyl (C=O) groups is 2. The summed E-state index contributed by atoms with van der Waals surface area (Å²) in [5, 5.41) is 11.3. The van der Waals surface area contributed by atoms with E-state index in [9.17, 15) is 14.7 Å². The van der Waals surface area contributed by atoms with Crippen molar-refractivity contribution in [3.63, 3.8) is 0 Å². The monoisotopic (exact) mass is 471 g/mol. The van der Waals surface area contributed by atoms with Crippen LogP contribution in [-0.2, 0) is 16.1 Å². The second-order valence-electron chi connectivity index (χ2n) is 8.25. The molecule has 2 aromatic carbocycles. The first-order valence-electron chi connectivity index (χ1n) is 11.7. The van der Waals surface area contributed by atoms with E-state index in [4.69, 9.17) is 4.74 Å². The number of hydrogen-bond acceptors (Lipinski definition) is 6. The number of Topliss-reactive ketones (excluding diaryl/α,β-unsaturated/α-hetero) is 1. The molecule has 1 saturated heterocycles. The lowest BCUT2D eigenvalue weighted by atomic mass is 9.94. The van der Waals surface area contributed by atoms with E-state index in [0.717, 1.165) is 29.9 Å². The smallest absolute Gasteiger partial charge is 0.295 e. The van der Waals surface area contributed by atoms with Crippen LogP contribution in [0.3, 0.4) is 0 Å². The summed E-state index contributed by atoms with van der Waals surface area (Å²) in [7, 11) is 1.50. The summed E-state index contributed by atoms with van der Waals surface area (Å²) in [6.07, 6.45) is 3.29. The van der Waals surface area contributed by atoms with Gasteiger partial charge in [-0.15, -0.1) is 0 Å². The number of hydrogen-bond donors (Lipinski definition) is 1. The molecule has 1 aromatic heterocycles. The van der Waals surface area contributed by atoms with Gasteiger partial charge in [0.05, 0.1) is 24.3 Å². The highest BCUT2D eigenvalue weighted by Gasteiger charge is 2.46. The van der Waals surface area contributed by atoms with E-state index >= 15 is 0 Å². The van der Waals surface area contributed by atoms with E-state index in [1.165, 1.54) is 12.0 Å². The van der Waals surface area contributed by atoms with Crippen LogP contribution in [0.25, 0.3) is 5.76 Å². The minimum atomic E-state index is -0.751. The molecule has 1 fully saturated rings. The summed E-state index contributed by atoms with van der Waals surface area (Å²) < 4.78 is 5.40. The second kappa shape index (κ2) is 10.4. The fourth-order valence-corrected chi connectivity index (χ4v) is 4.52. The van der Waals surface area contributed by atoms with Crippen molar-refractivity contribution in [2.75, 3.05) is 25.1 Å². The van der Waals surface area contributed by atoms with Crippen LogP contribution >= 0.6 is 0 Å². The van der Waals surface area contributed by atoms with E-state index in [0.29, 0.717) is 11.3 Å². The van der Waals surface area contributed by atoms with Crippen LogP contribution in [0.5, 0.6) is 5.75 Å². The summed E-state index contributed by atoms with van der Waals surface area (Å²) in [6.45, 7) is 6.12. The SMILES string of the molecule is CCN(CC)c1ccc(C2/C(=C(/O)c3ccccc3OC)C(=O)C(=O)N2Cc2ccncc2)cc1. The Morgan fingerprint density at radius 3 is 2.29 bits per heavy atom. The number of nitrogens with zero attached hydrogens (tertiary/aromatic N) is 3. The molecule has 1 atom stereocenters. The minimum absolute atomic E-state index is 0.0455. The van der Waals surface area contributed by atoms with Gasteiger partial charge in [-0.25, -0.2) is 0 Å². The zero-order valence-electron chi connectivity index (χ0n) is 20.1. The van der Waals surface area contributed by atoms with Crippen LogP contribution in [0.2, 0.25) is 0 Å².